The van der Waals surface area contributed by atoms with Crippen molar-refractivity contribution in [2.45, 2.75) is 32.2 Å². The Morgan fingerprint density at radius 3 is 2.74 bits per heavy atom. The van der Waals surface area contributed by atoms with E-state index in [2.05, 4.69) is 64.4 Å². The summed E-state index contributed by atoms with van der Waals surface area (Å²) in [6, 6.07) is 9.00. The summed E-state index contributed by atoms with van der Waals surface area (Å²) in [6.07, 6.45) is 4.04. The fourth-order valence-electron chi connectivity index (χ4n) is 2.55. The Balaban J connectivity index is 1.89. The van der Waals surface area contributed by atoms with Crippen LogP contribution in [-0.2, 0) is 0 Å². The molecule has 2 nitrogen and oxygen atoms in total. The molecule has 1 atom stereocenters. The zero-order valence-electron chi connectivity index (χ0n) is 12.0. The van der Waals surface area contributed by atoms with Gasteiger partial charge >= 0.3 is 0 Å². The van der Waals surface area contributed by atoms with Gasteiger partial charge in [0.15, 0.2) is 0 Å². The Labute approximate surface area is 125 Å². The van der Waals surface area contributed by atoms with Crippen LogP contribution in [0, 0.1) is 5.92 Å². The molecule has 1 unspecified atom stereocenters. The van der Waals surface area contributed by atoms with Crippen molar-refractivity contribution in [3.05, 3.63) is 34.3 Å². The predicted molar refractivity (Wildman–Crippen MR) is 85.4 cm³/mol. The zero-order valence-corrected chi connectivity index (χ0v) is 13.6. The predicted octanol–water partition coefficient (Wildman–Crippen LogP) is 3.83. The summed E-state index contributed by atoms with van der Waals surface area (Å²) in [5.74, 6) is 0.978. The Bertz CT molecular complexity index is 390. The van der Waals surface area contributed by atoms with Gasteiger partial charge in [0.05, 0.1) is 0 Å². The number of hydrogen-bond donors (Lipinski definition) is 1. The van der Waals surface area contributed by atoms with Crippen molar-refractivity contribution in [3.8, 4) is 0 Å². The Morgan fingerprint density at radius 1 is 1.37 bits per heavy atom. The molecule has 2 rings (SSSR count). The molecule has 106 valence electrons. The van der Waals surface area contributed by atoms with E-state index in [4.69, 9.17) is 0 Å². The lowest BCUT2D eigenvalue weighted by Crippen LogP contribution is -2.28. The van der Waals surface area contributed by atoms with Crippen LogP contribution < -0.4 is 5.32 Å². The molecule has 0 aromatic heterocycles. The van der Waals surface area contributed by atoms with Crippen LogP contribution in [0.1, 0.15) is 37.8 Å². The SMILES string of the molecule is CCNC(CCN(C)CC1CC1)c1ccccc1Br. The van der Waals surface area contributed by atoms with Gasteiger partial charge in [-0.25, -0.2) is 0 Å². The van der Waals surface area contributed by atoms with E-state index in [-0.39, 0.29) is 0 Å². The summed E-state index contributed by atoms with van der Waals surface area (Å²) in [5, 5.41) is 3.61. The molecule has 1 N–H and O–H groups in total. The van der Waals surface area contributed by atoms with Crippen LogP contribution in [0.5, 0.6) is 0 Å². The summed E-state index contributed by atoms with van der Waals surface area (Å²) in [6.45, 7) is 5.63. The largest absolute Gasteiger partial charge is 0.310 e. The number of nitrogens with zero attached hydrogens (tertiary/aromatic N) is 1. The van der Waals surface area contributed by atoms with E-state index in [0.717, 1.165) is 19.0 Å². The van der Waals surface area contributed by atoms with Gasteiger partial charge in [-0.2, -0.15) is 0 Å². The normalized spacial score (nSPS) is 16.8. The molecule has 0 heterocycles. The Kier molecular flexibility index (Phi) is 5.86. The highest BCUT2D eigenvalue weighted by Crippen LogP contribution is 2.30. The third-order valence-electron chi connectivity index (χ3n) is 3.80. The first-order chi connectivity index (χ1) is 9.20. The quantitative estimate of drug-likeness (QED) is 0.781. The van der Waals surface area contributed by atoms with Crippen molar-refractivity contribution in [3.63, 3.8) is 0 Å². The molecule has 1 aliphatic carbocycles. The third-order valence-corrected chi connectivity index (χ3v) is 4.52. The van der Waals surface area contributed by atoms with Gasteiger partial charge in [0.1, 0.15) is 0 Å². The lowest BCUT2D eigenvalue weighted by Gasteiger charge is -2.23. The third kappa shape index (κ3) is 4.90. The van der Waals surface area contributed by atoms with Gasteiger partial charge in [-0.05, 0) is 56.9 Å². The summed E-state index contributed by atoms with van der Waals surface area (Å²) >= 11 is 3.67. The number of benzene rings is 1. The summed E-state index contributed by atoms with van der Waals surface area (Å²) in [5.41, 5.74) is 1.38. The molecule has 1 fully saturated rings. The van der Waals surface area contributed by atoms with E-state index < -0.39 is 0 Å². The van der Waals surface area contributed by atoms with Crippen LogP contribution in [0.4, 0.5) is 0 Å². The second-order valence-corrected chi connectivity index (χ2v) is 6.48. The number of hydrogen-bond acceptors (Lipinski definition) is 2. The van der Waals surface area contributed by atoms with Crippen molar-refractivity contribution in [1.82, 2.24) is 10.2 Å². The molecule has 19 heavy (non-hydrogen) atoms. The van der Waals surface area contributed by atoms with E-state index in [1.54, 1.807) is 0 Å². The molecule has 0 aliphatic heterocycles. The van der Waals surface area contributed by atoms with Gasteiger partial charge in [-0.15, -0.1) is 0 Å². The first-order valence-corrected chi connectivity index (χ1v) is 8.16. The smallest absolute Gasteiger partial charge is 0.0343 e. The van der Waals surface area contributed by atoms with Gasteiger partial charge in [-0.3, -0.25) is 0 Å². The van der Waals surface area contributed by atoms with E-state index in [9.17, 15) is 0 Å². The second kappa shape index (κ2) is 7.41. The first kappa shape index (κ1) is 15.0. The van der Waals surface area contributed by atoms with E-state index >= 15 is 0 Å². The average Bonchev–Trinajstić information content (AvgIpc) is 3.19. The highest BCUT2D eigenvalue weighted by molar-refractivity contribution is 9.10. The van der Waals surface area contributed by atoms with Crippen molar-refractivity contribution >= 4 is 15.9 Å². The summed E-state index contributed by atoms with van der Waals surface area (Å²) in [4.78, 5) is 2.48. The van der Waals surface area contributed by atoms with Crippen LogP contribution in [0.2, 0.25) is 0 Å². The van der Waals surface area contributed by atoms with Gasteiger partial charge in [-0.1, -0.05) is 41.1 Å². The molecule has 0 radical (unpaired) electrons. The molecule has 1 aromatic carbocycles. The summed E-state index contributed by atoms with van der Waals surface area (Å²) in [7, 11) is 2.25. The molecular formula is C16H25BrN2. The Hall–Kier alpha value is -0.380. The highest BCUT2D eigenvalue weighted by atomic mass is 79.9. The Morgan fingerprint density at radius 2 is 2.11 bits per heavy atom. The van der Waals surface area contributed by atoms with Crippen molar-refractivity contribution < 1.29 is 0 Å². The molecule has 0 spiro atoms. The van der Waals surface area contributed by atoms with Crippen molar-refractivity contribution in [1.29, 1.82) is 0 Å². The molecule has 0 amide bonds. The molecule has 1 aromatic rings. The summed E-state index contributed by atoms with van der Waals surface area (Å²) < 4.78 is 1.21. The zero-order chi connectivity index (χ0) is 13.7. The molecular weight excluding hydrogens is 300 g/mol. The minimum atomic E-state index is 0.447. The maximum Gasteiger partial charge on any atom is 0.0343 e. The van der Waals surface area contributed by atoms with E-state index in [1.807, 2.05) is 0 Å². The van der Waals surface area contributed by atoms with Gasteiger partial charge < -0.3 is 10.2 Å². The fraction of sp³-hybridized carbons (Fsp3) is 0.625. The first-order valence-electron chi connectivity index (χ1n) is 7.37. The number of halogens is 1. The standard InChI is InChI=1S/C16H25BrN2/c1-3-18-16(14-6-4-5-7-15(14)17)10-11-19(2)12-13-8-9-13/h4-7,13,16,18H,3,8-12H2,1-2H3. The van der Waals surface area contributed by atoms with Crippen LogP contribution in [-0.4, -0.2) is 31.6 Å². The minimum absolute atomic E-state index is 0.447. The van der Waals surface area contributed by atoms with Crippen LogP contribution in [0.15, 0.2) is 28.7 Å². The minimum Gasteiger partial charge on any atom is -0.310 e. The molecule has 3 heteroatoms. The monoisotopic (exact) mass is 324 g/mol. The second-order valence-electron chi connectivity index (χ2n) is 5.63. The number of nitrogens with one attached hydrogen (secondary N) is 1. The van der Waals surface area contributed by atoms with Gasteiger partial charge in [0.2, 0.25) is 0 Å². The van der Waals surface area contributed by atoms with Gasteiger partial charge in [0.25, 0.3) is 0 Å². The lowest BCUT2D eigenvalue weighted by atomic mass is 10.0. The van der Waals surface area contributed by atoms with Crippen LogP contribution >= 0.6 is 15.9 Å². The lowest BCUT2D eigenvalue weighted by molar-refractivity contribution is 0.297. The van der Waals surface area contributed by atoms with Gasteiger partial charge in [0, 0.05) is 17.1 Å². The van der Waals surface area contributed by atoms with Crippen LogP contribution in [0.25, 0.3) is 0 Å². The van der Waals surface area contributed by atoms with E-state index in [0.29, 0.717) is 6.04 Å². The maximum absolute atomic E-state index is 3.67. The fourth-order valence-corrected chi connectivity index (χ4v) is 3.11. The topological polar surface area (TPSA) is 15.3 Å². The van der Waals surface area contributed by atoms with E-state index in [1.165, 1.54) is 35.8 Å². The maximum atomic E-state index is 3.67. The van der Waals surface area contributed by atoms with Crippen molar-refractivity contribution in [2.75, 3.05) is 26.7 Å². The molecule has 0 bridgehead atoms. The average molecular weight is 325 g/mol. The van der Waals surface area contributed by atoms with Crippen molar-refractivity contribution in [2.24, 2.45) is 5.92 Å². The number of rotatable bonds is 8. The highest BCUT2D eigenvalue weighted by Gasteiger charge is 2.23. The molecule has 1 aliphatic rings. The molecule has 1 saturated carbocycles. The van der Waals surface area contributed by atoms with Crippen LogP contribution in [0.3, 0.4) is 0 Å². The molecule has 0 saturated heterocycles.